The number of nitrogens with zero attached hydrogens (tertiary/aromatic N) is 1. The van der Waals surface area contributed by atoms with Crippen LogP contribution < -0.4 is 4.74 Å². The fourth-order valence-electron chi connectivity index (χ4n) is 3.81. The molecule has 0 amide bonds. The first kappa shape index (κ1) is 17.9. The van der Waals surface area contributed by atoms with E-state index in [9.17, 15) is 5.02 Å². The van der Waals surface area contributed by atoms with Crippen molar-refractivity contribution >= 4 is 18.9 Å². The zero-order valence-corrected chi connectivity index (χ0v) is 15.9. The van der Waals surface area contributed by atoms with Crippen molar-refractivity contribution in [2.24, 2.45) is 0 Å². The summed E-state index contributed by atoms with van der Waals surface area (Å²) in [5.74, 6) is 1.18. The molecule has 6 heteroatoms. The van der Waals surface area contributed by atoms with Gasteiger partial charge in [-0.05, 0) is 67.6 Å². The van der Waals surface area contributed by atoms with Gasteiger partial charge in [-0.3, -0.25) is 4.98 Å². The number of pyridine rings is 1. The maximum atomic E-state index is 9.62. The first-order valence-corrected chi connectivity index (χ1v) is 10.5. The van der Waals surface area contributed by atoms with Crippen molar-refractivity contribution in [2.75, 3.05) is 12.9 Å². The van der Waals surface area contributed by atoms with Crippen molar-refractivity contribution in [3.8, 4) is 16.9 Å². The molecule has 2 fully saturated rings. The molecule has 136 valence electrons. The van der Waals surface area contributed by atoms with Crippen molar-refractivity contribution in [3.05, 3.63) is 42.2 Å². The van der Waals surface area contributed by atoms with Gasteiger partial charge in [-0.1, -0.05) is 6.07 Å². The highest BCUT2D eigenvalue weighted by atomic mass is 32.2. The lowest BCUT2D eigenvalue weighted by molar-refractivity contribution is 0.205. The van der Waals surface area contributed by atoms with Gasteiger partial charge in [0.25, 0.3) is 0 Å². The standard InChI is InChI=1S/C20H24BNO3S/c1-26-20-7-6-14(9-19(20)25-18-4-2-3-5-18)15-8-16(12-22-11-15)17-10-21(23)24-13-17/h6-9,11-12,17-18,23H,2-5,10,13H2,1H3/t17-/m0/s1. The van der Waals surface area contributed by atoms with Gasteiger partial charge in [0.2, 0.25) is 0 Å². The van der Waals surface area contributed by atoms with Crippen LogP contribution in [0.15, 0.2) is 41.6 Å². The minimum absolute atomic E-state index is 0.206. The third-order valence-corrected chi connectivity index (χ3v) is 6.08. The molecule has 0 radical (unpaired) electrons. The van der Waals surface area contributed by atoms with Crippen LogP contribution in [0.2, 0.25) is 6.32 Å². The Morgan fingerprint density at radius 2 is 2.04 bits per heavy atom. The zero-order valence-electron chi connectivity index (χ0n) is 15.1. The molecular formula is C20H24BNO3S. The van der Waals surface area contributed by atoms with Crippen LogP contribution in [0.1, 0.15) is 37.2 Å². The highest BCUT2D eigenvalue weighted by Crippen LogP contribution is 2.36. The third kappa shape index (κ3) is 3.92. The van der Waals surface area contributed by atoms with E-state index in [1.807, 2.05) is 12.4 Å². The molecule has 1 N–H and O–H groups in total. The molecule has 0 unspecified atom stereocenters. The fourth-order valence-corrected chi connectivity index (χ4v) is 4.32. The van der Waals surface area contributed by atoms with E-state index < -0.39 is 7.12 Å². The normalized spacial score (nSPS) is 20.7. The lowest BCUT2D eigenvalue weighted by Crippen LogP contribution is -2.11. The molecule has 4 nitrogen and oxygen atoms in total. The van der Waals surface area contributed by atoms with Gasteiger partial charge in [-0.15, -0.1) is 11.8 Å². The Labute approximate surface area is 159 Å². The highest BCUT2D eigenvalue weighted by Gasteiger charge is 2.30. The first-order chi connectivity index (χ1) is 12.7. The zero-order chi connectivity index (χ0) is 17.9. The maximum Gasteiger partial charge on any atom is 0.454 e. The third-order valence-electron chi connectivity index (χ3n) is 5.30. The molecule has 4 rings (SSSR count). The van der Waals surface area contributed by atoms with E-state index in [1.165, 1.54) is 17.7 Å². The largest absolute Gasteiger partial charge is 0.489 e. The van der Waals surface area contributed by atoms with Crippen LogP contribution in [0.25, 0.3) is 11.1 Å². The SMILES string of the molecule is CSc1ccc(-c2cncc([C@@H]3COB(O)C3)c2)cc1OC1CCCC1. The Kier molecular flexibility index (Phi) is 5.53. The van der Waals surface area contributed by atoms with E-state index in [2.05, 4.69) is 35.5 Å². The average Bonchev–Trinajstić information content (AvgIpc) is 3.33. The van der Waals surface area contributed by atoms with Crippen LogP contribution in [0.3, 0.4) is 0 Å². The van der Waals surface area contributed by atoms with Gasteiger partial charge in [0.1, 0.15) is 5.75 Å². The van der Waals surface area contributed by atoms with Crippen LogP contribution in [0, 0.1) is 0 Å². The number of hydrogen-bond acceptors (Lipinski definition) is 5. The van der Waals surface area contributed by atoms with E-state index in [0.29, 0.717) is 19.0 Å². The number of ether oxygens (including phenoxy) is 1. The second-order valence-corrected chi connectivity index (χ2v) is 7.97. The van der Waals surface area contributed by atoms with Crippen molar-refractivity contribution in [1.29, 1.82) is 0 Å². The number of aromatic nitrogens is 1. The van der Waals surface area contributed by atoms with Gasteiger partial charge in [0, 0.05) is 35.4 Å². The Morgan fingerprint density at radius 3 is 2.77 bits per heavy atom. The molecule has 2 heterocycles. The molecule has 0 bridgehead atoms. The van der Waals surface area contributed by atoms with Gasteiger partial charge in [-0.25, -0.2) is 0 Å². The molecule has 2 aromatic rings. The molecule has 0 spiro atoms. The van der Waals surface area contributed by atoms with Crippen LogP contribution >= 0.6 is 11.8 Å². The Balaban J connectivity index is 1.60. The summed E-state index contributed by atoms with van der Waals surface area (Å²) in [6.45, 7) is 0.549. The quantitative estimate of drug-likeness (QED) is 0.626. The van der Waals surface area contributed by atoms with E-state index in [0.717, 1.165) is 35.3 Å². The van der Waals surface area contributed by atoms with Crippen LogP contribution in [-0.4, -0.2) is 36.1 Å². The van der Waals surface area contributed by atoms with Gasteiger partial charge < -0.3 is 14.4 Å². The Morgan fingerprint density at radius 1 is 1.19 bits per heavy atom. The van der Waals surface area contributed by atoms with Crippen LogP contribution in [0.4, 0.5) is 0 Å². The summed E-state index contributed by atoms with van der Waals surface area (Å²) >= 11 is 1.72. The Hall–Kier alpha value is -1.50. The molecular weight excluding hydrogens is 345 g/mol. The molecule has 26 heavy (non-hydrogen) atoms. The topological polar surface area (TPSA) is 51.6 Å². The maximum absolute atomic E-state index is 9.62. The van der Waals surface area contributed by atoms with E-state index in [4.69, 9.17) is 9.39 Å². The van der Waals surface area contributed by atoms with Crippen molar-refractivity contribution in [1.82, 2.24) is 4.98 Å². The summed E-state index contributed by atoms with van der Waals surface area (Å²) in [4.78, 5) is 5.60. The summed E-state index contributed by atoms with van der Waals surface area (Å²) in [6, 6.07) is 8.57. The molecule has 1 aromatic carbocycles. The monoisotopic (exact) mass is 369 g/mol. The lowest BCUT2D eigenvalue weighted by atomic mass is 9.80. The molecule has 1 aliphatic carbocycles. The highest BCUT2D eigenvalue weighted by molar-refractivity contribution is 7.98. The summed E-state index contributed by atoms with van der Waals surface area (Å²) in [5, 5.41) is 9.62. The molecule has 1 aliphatic heterocycles. The van der Waals surface area contributed by atoms with Crippen molar-refractivity contribution in [3.63, 3.8) is 0 Å². The van der Waals surface area contributed by atoms with Crippen LogP contribution in [0.5, 0.6) is 5.75 Å². The van der Waals surface area contributed by atoms with Gasteiger partial charge in [0.05, 0.1) is 6.10 Å². The van der Waals surface area contributed by atoms with E-state index >= 15 is 0 Å². The molecule has 1 saturated carbocycles. The van der Waals surface area contributed by atoms with Gasteiger partial charge in [0.15, 0.2) is 0 Å². The summed E-state index contributed by atoms with van der Waals surface area (Å²) in [6.07, 6.45) is 11.7. The second-order valence-electron chi connectivity index (χ2n) is 7.12. The minimum atomic E-state index is -0.657. The van der Waals surface area contributed by atoms with E-state index in [1.54, 1.807) is 11.8 Å². The summed E-state index contributed by atoms with van der Waals surface area (Å²) in [7, 11) is -0.657. The summed E-state index contributed by atoms with van der Waals surface area (Å²) < 4.78 is 11.6. The van der Waals surface area contributed by atoms with Gasteiger partial charge in [-0.2, -0.15) is 0 Å². The predicted octanol–water partition coefficient (Wildman–Crippen LogP) is 4.39. The molecule has 1 aromatic heterocycles. The van der Waals surface area contributed by atoms with Crippen molar-refractivity contribution < 1.29 is 14.4 Å². The number of hydrogen-bond donors (Lipinski definition) is 1. The lowest BCUT2D eigenvalue weighted by Gasteiger charge is -2.17. The van der Waals surface area contributed by atoms with Crippen LogP contribution in [-0.2, 0) is 4.65 Å². The predicted molar refractivity (Wildman–Crippen MR) is 106 cm³/mol. The Bertz CT molecular complexity index is 766. The fraction of sp³-hybridized carbons (Fsp3) is 0.450. The summed E-state index contributed by atoms with van der Waals surface area (Å²) in [5.41, 5.74) is 3.31. The second kappa shape index (κ2) is 8.03. The average molecular weight is 369 g/mol. The smallest absolute Gasteiger partial charge is 0.454 e. The van der Waals surface area contributed by atoms with Gasteiger partial charge >= 0.3 is 7.12 Å². The first-order valence-electron chi connectivity index (χ1n) is 9.32. The molecule has 2 aliphatic rings. The number of benzene rings is 1. The van der Waals surface area contributed by atoms with Crippen molar-refractivity contribution in [2.45, 2.75) is 48.9 Å². The molecule has 1 atom stereocenters. The number of thioether (sulfide) groups is 1. The minimum Gasteiger partial charge on any atom is -0.489 e. The molecule has 1 saturated heterocycles. The number of rotatable bonds is 5. The van der Waals surface area contributed by atoms with E-state index in [-0.39, 0.29) is 5.92 Å².